The third-order valence-electron chi connectivity index (χ3n) is 10.4. The number of amides is 2. The molecule has 2 amide bonds. The molecule has 1 aliphatic heterocycles. The molecule has 2 heterocycles. The highest BCUT2D eigenvalue weighted by Gasteiger charge is 2.61. The highest BCUT2D eigenvalue weighted by molar-refractivity contribution is 7.92. The number of nitrogens with one attached hydrogen (secondary N) is 1. The summed E-state index contributed by atoms with van der Waals surface area (Å²) in [6.07, 6.45) is 0.441. The third-order valence-corrected chi connectivity index (χ3v) is 12.0. The van der Waals surface area contributed by atoms with Crippen LogP contribution in [0.15, 0.2) is 102 Å². The van der Waals surface area contributed by atoms with Gasteiger partial charge in [0.1, 0.15) is 40.5 Å². The van der Waals surface area contributed by atoms with Gasteiger partial charge in [-0.3, -0.25) is 19.2 Å². The Bertz CT molecular complexity index is 2290. The van der Waals surface area contributed by atoms with Gasteiger partial charge in [0.05, 0.1) is 42.1 Å². The average Bonchev–Trinajstić information content (AvgIpc) is 3.75. The minimum Gasteiger partial charge on any atom is -0.497 e. The van der Waals surface area contributed by atoms with Gasteiger partial charge in [0.25, 0.3) is 0 Å². The standard InChI is InChI=1S/C44H49N3O10S/c1-6-30-25-44(30,39(49)27-58(53,54)33-15-11-8-12-16-33)46-41(51)37-23-32(26-47(37)42(52)29(19-20-48)21-40(50)57-43(2,3)4)56-38-24-35(28-13-9-7-10-14-28)45-36-22-31(55-5)17-18-34(36)38/h6-18,22,24,29-30,32,37,48H,1,19-21,23,25-27H2,2-5H3,(H,46,51)/t29-,30-,32?,37+,44-/m1/s1. The SMILES string of the molecule is C=C[C@@H]1C[C@]1(NC(=O)[C@@H]1CC(Oc2cc(-c3ccccc3)nc3cc(OC)ccc23)CN1C(=O)[C@H](CCO)CC(=O)OC(C)(C)C)C(=O)CS(=O)(=O)c1ccccc1. The number of carbonyl (C=O) groups is 4. The molecule has 1 saturated carbocycles. The second-order valence-electron chi connectivity index (χ2n) is 15.7. The van der Waals surface area contributed by atoms with Crippen molar-refractivity contribution in [2.45, 2.75) is 74.6 Å². The summed E-state index contributed by atoms with van der Waals surface area (Å²) < 4.78 is 44.2. The first-order chi connectivity index (χ1) is 27.6. The number of ether oxygens (including phenoxy) is 3. The van der Waals surface area contributed by atoms with Crippen LogP contribution in [-0.4, -0.2) is 96.3 Å². The highest BCUT2D eigenvalue weighted by Crippen LogP contribution is 2.46. The highest BCUT2D eigenvalue weighted by atomic mass is 32.2. The van der Waals surface area contributed by atoms with Crippen LogP contribution in [0.4, 0.5) is 0 Å². The van der Waals surface area contributed by atoms with Gasteiger partial charge < -0.3 is 29.5 Å². The molecule has 0 bridgehead atoms. The predicted octanol–water partition coefficient (Wildman–Crippen LogP) is 5.09. The molecule has 5 atom stereocenters. The molecule has 13 nitrogen and oxygen atoms in total. The van der Waals surface area contributed by atoms with E-state index in [1.54, 1.807) is 64.3 Å². The van der Waals surface area contributed by atoms with Crippen LogP contribution >= 0.6 is 0 Å². The van der Waals surface area contributed by atoms with E-state index in [1.165, 1.54) is 23.1 Å². The first-order valence-corrected chi connectivity index (χ1v) is 20.8. The van der Waals surface area contributed by atoms with E-state index < -0.39 is 80.9 Å². The fraction of sp³-hybridized carbons (Fsp3) is 0.386. The Morgan fingerprint density at radius 3 is 2.34 bits per heavy atom. The molecule has 1 aliphatic carbocycles. The Balaban J connectivity index is 1.33. The van der Waals surface area contributed by atoms with Crippen LogP contribution in [0.3, 0.4) is 0 Å². The summed E-state index contributed by atoms with van der Waals surface area (Å²) >= 11 is 0. The zero-order valence-electron chi connectivity index (χ0n) is 33.1. The predicted molar refractivity (Wildman–Crippen MR) is 217 cm³/mol. The Morgan fingerprint density at radius 2 is 1.72 bits per heavy atom. The number of hydrogen-bond donors (Lipinski definition) is 2. The van der Waals surface area contributed by atoms with E-state index in [1.807, 2.05) is 36.4 Å². The van der Waals surface area contributed by atoms with E-state index in [9.17, 15) is 32.7 Å². The maximum atomic E-state index is 14.5. The number of likely N-dealkylation sites (tertiary alicyclic amines) is 1. The fourth-order valence-electron chi connectivity index (χ4n) is 7.42. The van der Waals surface area contributed by atoms with Crippen LogP contribution in [0.2, 0.25) is 0 Å². The number of rotatable bonds is 16. The zero-order valence-corrected chi connectivity index (χ0v) is 33.9. The number of aliphatic hydroxyl groups excluding tert-OH is 1. The smallest absolute Gasteiger partial charge is 0.307 e. The maximum Gasteiger partial charge on any atom is 0.307 e. The van der Waals surface area contributed by atoms with Gasteiger partial charge in [-0.25, -0.2) is 13.4 Å². The number of ketones is 1. The number of carbonyl (C=O) groups excluding carboxylic acids is 4. The summed E-state index contributed by atoms with van der Waals surface area (Å²) in [5, 5.41) is 13.5. The van der Waals surface area contributed by atoms with Crippen molar-refractivity contribution < 1.29 is 46.9 Å². The van der Waals surface area contributed by atoms with Gasteiger partial charge >= 0.3 is 5.97 Å². The van der Waals surface area contributed by atoms with Crippen LogP contribution in [0.1, 0.15) is 46.5 Å². The van der Waals surface area contributed by atoms with Crippen molar-refractivity contribution in [3.63, 3.8) is 0 Å². The molecule has 6 rings (SSSR count). The molecule has 1 aromatic heterocycles. The molecule has 306 valence electrons. The second kappa shape index (κ2) is 17.1. The molecule has 58 heavy (non-hydrogen) atoms. The molecule has 2 fully saturated rings. The van der Waals surface area contributed by atoms with Crippen LogP contribution in [-0.2, 0) is 33.8 Å². The van der Waals surface area contributed by atoms with Gasteiger partial charge in [-0.2, -0.15) is 0 Å². The Kier molecular flexibility index (Phi) is 12.4. The fourth-order valence-corrected chi connectivity index (χ4v) is 8.76. The molecule has 4 aromatic rings. The van der Waals surface area contributed by atoms with E-state index >= 15 is 0 Å². The van der Waals surface area contributed by atoms with Gasteiger partial charge in [0.2, 0.25) is 11.8 Å². The summed E-state index contributed by atoms with van der Waals surface area (Å²) in [5.74, 6) is -4.02. The number of methoxy groups -OCH3 is 1. The largest absolute Gasteiger partial charge is 0.497 e. The minimum atomic E-state index is -4.05. The lowest BCUT2D eigenvalue weighted by molar-refractivity contribution is -0.159. The summed E-state index contributed by atoms with van der Waals surface area (Å²) in [6.45, 7) is 8.42. The first kappa shape index (κ1) is 42.0. The molecule has 2 N–H and O–H groups in total. The van der Waals surface area contributed by atoms with Crippen LogP contribution in [0.25, 0.3) is 22.2 Å². The summed E-state index contributed by atoms with van der Waals surface area (Å²) in [6, 6.07) is 23.1. The summed E-state index contributed by atoms with van der Waals surface area (Å²) in [4.78, 5) is 61.9. The van der Waals surface area contributed by atoms with Crippen molar-refractivity contribution in [2.24, 2.45) is 11.8 Å². The molecular weight excluding hydrogens is 763 g/mol. The first-order valence-electron chi connectivity index (χ1n) is 19.2. The van der Waals surface area contributed by atoms with E-state index in [-0.39, 0.29) is 37.1 Å². The molecule has 0 radical (unpaired) electrons. The molecule has 2 aliphatic rings. The molecule has 1 unspecified atom stereocenters. The zero-order chi connectivity index (χ0) is 41.8. The lowest BCUT2D eigenvalue weighted by Crippen LogP contribution is -2.54. The molecule has 0 spiro atoms. The van der Waals surface area contributed by atoms with Crippen molar-refractivity contribution in [1.82, 2.24) is 15.2 Å². The number of Topliss-reactive ketones (excluding diaryl/α,β-unsaturated/α-hetero) is 1. The van der Waals surface area contributed by atoms with Gasteiger partial charge in [0, 0.05) is 42.0 Å². The van der Waals surface area contributed by atoms with E-state index in [0.717, 1.165) is 5.56 Å². The molecule has 14 heteroatoms. The Morgan fingerprint density at radius 1 is 1.03 bits per heavy atom. The number of sulfone groups is 1. The topological polar surface area (TPSA) is 178 Å². The Hall–Kier alpha value is -5.60. The monoisotopic (exact) mass is 811 g/mol. The average molecular weight is 812 g/mol. The van der Waals surface area contributed by atoms with Crippen LogP contribution in [0, 0.1) is 11.8 Å². The Labute approximate surface area is 338 Å². The third kappa shape index (κ3) is 9.40. The van der Waals surface area contributed by atoms with E-state index in [0.29, 0.717) is 28.1 Å². The lowest BCUT2D eigenvalue weighted by Gasteiger charge is -2.29. The van der Waals surface area contributed by atoms with Crippen LogP contribution in [0.5, 0.6) is 11.5 Å². The van der Waals surface area contributed by atoms with Gasteiger partial charge in [0.15, 0.2) is 15.6 Å². The van der Waals surface area contributed by atoms with Crippen LogP contribution < -0.4 is 14.8 Å². The van der Waals surface area contributed by atoms with Crippen molar-refractivity contribution in [3.05, 3.63) is 97.6 Å². The number of pyridine rings is 1. The minimum absolute atomic E-state index is 0.0121. The normalized spacial score (nSPS) is 20.8. The number of hydrogen-bond acceptors (Lipinski definition) is 11. The summed E-state index contributed by atoms with van der Waals surface area (Å²) in [5.41, 5.74) is -0.342. The number of benzene rings is 3. The van der Waals surface area contributed by atoms with E-state index in [2.05, 4.69) is 11.9 Å². The quantitative estimate of drug-likeness (QED) is 0.114. The molecule has 3 aromatic carbocycles. The van der Waals surface area contributed by atoms with Gasteiger partial charge in [-0.15, -0.1) is 6.58 Å². The number of fused-ring (bicyclic) bond motifs is 1. The number of aliphatic hydroxyl groups is 1. The number of nitrogens with zero attached hydrogens (tertiary/aromatic N) is 2. The summed E-state index contributed by atoms with van der Waals surface area (Å²) in [7, 11) is -2.49. The van der Waals surface area contributed by atoms with Crippen molar-refractivity contribution in [1.29, 1.82) is 0 Å². The van der Waals surface area contributed by atoms with E-state index in [4.69, 9.17) is 19.2 Å². The van der Waals surface area contributed by atoms with Crippen molar-refractivity contribution >= 4 is 44.3 Å². The van der Waals surface area contributed by atoms with Crippen molar-refractivity contribution in [3.8, 4) is 22.8 Å². The van der Waals surface area contributed by atoms with Gasteiger partial charge in [-0.05, 0) is 57.9 Å². The van der Waals surface area contributed by atoms with Crippen molar-refractivity contribution in [2.75, 3.05) is 26.0 Å². The second-order valence-corrected chi connectivity index (χ2v) is 17.7. The lowest BCUT2D eigenvalue weighted by atomic mass is 9.99. The van der Waals surface area contributed by atoms with Gasteiger partial charge in [-0.1, -0.05) is 54.6 Å². The molecule has 1 saturated heterocycles. The molecular formula is C44H49N3O10S. The number of aromatic nitrogens is 1. The maximum absolute atomic E-state index is 14.5. The number of esters is 1.